The Morgan fingerprint density at radius 3 is 2.92 bits per heavy atom. The second-order valence-corrected chi connectivity index (χ2v) is 7.02. The van der Waals surface area contributed by atoms with Crippen molar-refractivity contribution in [2.24, 2.45) is 0 Å². The first kappa shape index (κ1) is 23.2. The molecule has 2 atom stereocenters. The number of rotatable bonds is 5. The Kier molecular flexibility index (Phi) is 9.33. The van der Waals surface area contributed by atoms with Crippen LogP contribution in [0.25, 0.3) is 11.0 Å². The number of fused-ring (bicyclic) bond motifs is 1. The SMILES string of the molecule is COC(=O)c1cc(Br)c2c(c1)ncn2CCCC1NCCCC1O.Cl.Cl. The van der Waals surface area contributed by atoms with Crippen LogP contribution in [0.5, 0.6) is 0 Å². The zero-order chi connectivity index (χ0) is 17.1. The first-order valence-electron chi connectivity index (χ1n) is 8.24. The maximum Gasteiger partial charge on any atom is 0.337 e. The summed E-state index contributed by atoms with van der Waals surface area (Å²) >= 11 is 3.53. The molecule has 0 radical (unpaired) electrons. The molecule has 1 aliphatic rings. The van der Waals surface area contributed by atoms with E-state index in [1.807, 2.05) is 0 Å². The number of aliphatic hydroxyl groups excluding tert-OH is 1. The number of nitrogens with zero attached hydrogens (tertiary/aromatic N) is 2. The lowest BCUT2D eigenvalue weighted by atomic mass is 9.97. The van der Waals surface area contributed by atoms with Crippen molar-refractivity contribution >= 4 is 57.7 Å². The first-order valence-corrected chi connectivity index (χ1v) is 9.03. The number of aromatic nitrogens is 2. The zero-order valence-electron chi connectivity index (χ0n) is 14.5. The number of esters is 1. The van der Waals surface area contributed by atoms with Gasteiger partial charge in [0.1, 0.15) is 0 Å². The van der Waals surface area contributed by atoms with Gasteiger partial charge in [-0.1, -0.05) is 0 Å². The molecule has 3 rings (SSSR count). The van der Waals surface area contributed by atoms with E-state index in [9.17, 15) is 9.90 Å². The van der Waals surface area contributed by atoms with Crippen LogP contribution >= 0.6 is 40.7 Å². The monoisotopic (exact) mass is 467 g/mol. The smallest absolute Gasteiger partial charge is 0.337 e. The molecule has 146 valence electrons. The summed E-state index contributed by atoms with van der Waals surface area (Å²) in [6, 6.07) is 3.69. The zero-order valence-corrected chi connectivity index (χ0v) is 17.7. The normalized spacial score (nSPS) is 19.5. The number of methoxy groups -OCH3 is 1. The van der Waals surface area contributed by atoms with Crippen LogP contribution in [0, 0.1) is 0 Å². The summed E-state index contributed by atoms with van der Waals surface area (Å²) in [5.74, 6) is -0.371. The van der Waals surface area contributed by atoms with E-state index in [1.54, 1.807) is 18.5 Å². The van der Waals surface area contributed by atoms with E-state index in [2.05, 4.69) is 30.8 Å². The van der Waals surface area contributed by atoms with E-state index in [0.29, 0.717) is 5.56 Å². The molecule has 0 spiro atoms. The number of carbonyl (C=O) groups excluding carboxylic acids is 1. The topological polar surface area (TPSA) is 76.4 Å². The summed E-state index contributed by atoms with van der Waals surface area (Å²) in [7, 11) is 1.37. The van der Waals surface area contributed by atoms with E-state index in [-0.39, 0.29) is 42.9 Å². The third-order valence-electron chi connectivity index (χ3n) is 4.55. The van der Waals surface area contributed by atoms with Gasteiger partial charge in [-0.15, -0.1) is 24.8 Å². The highest BCUT2D eigenvalue weighted by atomic mass is 79.9. The molecule has 1 fully saturated rings. The van der Waals surface area contributed by atoms with Crippen LogP contribution in [0.15, 0.2) is 22.9 Å². The molecule has 1 aromatic heterocycles. The first-order chi connectivity index (χ1) is 11.6. The number of halogens is 3. The number of hydrogen-bond acceptors (Lipinski definition) is 5. The van der Waals surface area contributed by atoms with Crippen molar-refractivity contribution in [2.45, 2.75) is 44.4 Å². The third kappa shape index (κ3) is 5.10. The second kappa shape index (κ2) is 10.5. The number of nitrogens with one attached hydrogen (secondary N) is 1. The standard InChI is InChI=1S/C17H22BrN3O3.2ClH/c1-24-17(23)11-8-12(18)16-14(9-11)20-10-21(16)7-3-4-13-15(22)5-2-6-19-13;;/h8-10,13,15,19,22H,2-7H2,1H3;2*1H. The number of aryl methyl sites for hydroxylation is 1. The summed E-state index contributed by atoms with van der Waals surface area (Å²) in [5.41, 5.74) is 2.22. The molecule has 2 aromatic rings. The Hall–Kier alpha value is -0.860. The maximum absolute atomic E-state index is 11.7. The molecular weight excluding hydrogens is 445 g/mol. The fourth-order valence-electron chi connectivity index (χ4n) is 3.27. The van der Waals surface area contributed by atoms with Crippen LogP contribution < -0.4 is 5.32 Å². The molecule has 0 saturated carbocycles. The third-order valence-corrected chi connectivity index (χ3v) is 5.15. The van der Waals surface area contributed by atoms with E-state index >= 15 is 0 Å². The lowest BCUT2D eigenvalue weighted by molar-refractivity contribution is 0.0601. The molecule has 26 heavy (non-hydrogen) atoms. The average Bonchev–Trinajstić information content (AvgIpc) is 2.99. The Balaban J connectivity index is 0.00000169. The molecule has 1 aromatic carbocycles. The van der Waals surface area contributed by atoms with Crippen molar-refractivity contribution in [3.8, 4) is 0 Å². The molecule has 6 nitrogen and oxygen atoms in total. The second-order valence-electron chi connectivity index (χ2n) is 6.17. The number of ether oxygens (including phenoxy) is 1. The highest BCUT2D eigenvalue weighted by Gasteiger charge is 2.22. The molecule has 2 N–H and O–H groups in total. The van der Waals surface area contributed by atoms with Gasteiger partial charge in [0.15, 0.2) is 0 Å². The molecule has 2 unspecified atom stereocenters. The molecule has 0 amide bonds. The largest absolute Gasteiger partial charge is 0.465 e. The number of hydrogen-bond donors (Lipinski definition) is 2. The highest BCUT2D eigenvalue weighted by molar-refractivity contribution is 9.10. The van der Waals surface area contributed by atoms with Crippen molar-refractivity contribution in [1.29, 1.82) is 0 Å². The van der Waals surface area contributed by atoms with Crippen LogP contribution in [0.3, 0.4) is 0 Å². The molecule has 1 saturated heterocycles. The Bertz CT molecular complexity index is 741. The lowest BCUT2D eigenvalue weighted by Gasteiger charge is -2.29. The number of imidazole rings is 1. The minimum absolute atomic E-state index is 0. The molecule has 0 bridgehead atoms. The van der Waals surface area contributed by atoms with E-state index in [0.717, 1.165) is 54.3 Å². The van der Waals surface area contributed by atoms with Crippen molar-refractivity contribution < 1.29 is 14.6 Å². The average molecular weight is 469 g/mol. The van der Waals surface area contributed by atoms with Crippen LogP contribution in [-0.4, -0.2) is 46.4 Å². The number of benzene rings is 1. The van der Waals surface area contributed by atoms with Gasteiger partial charge in [-0.25, -0.2) is 9.78 Å². The minimum atomic E-state index is -0.371. The lowest BCUT2D eigenvalue weighted by Crippen LogP contribution is -2.44. The summed E-state index contributed by atoms with van der Waals surface area (Å²) in [6.07, 6.45) is 5.35. The molecule has 2 heterocycles. The van der Waals surface area contributed by atoms with Gasteiger partial charge in [-0.05, 0) is 60.3 Å². The Morgan fingerprint density at radius 2 is 2.23 bits per heavy atom. The van der Waals surface area contributed by atoms with Crippen molar-refractivity contribution in [1.82, 2.24) is 14.9 Å². The number of carbonyl (C=O) groups is 1. The summed E-state index contributed by atoms with van der Waals surface area (Å²) < 4.78 is 7.67. The fourth-order valence-corrected chi connectivity index (χ4v) is 3.95. The van der Waals surface area contributed by atoms with Gasteiger partial charge in [0.25, 0.3) is 0 Å². The van der Waals surface area contributed by atoms with Crippen LogP contribution in [-0.2, 0) is 11.3 Å². The van der Waals surface area contributed by atoms with E-state index < -0.39 is 0 Å². The van der Waals surface area contributed by atoms with Crippen LogP contribution in [0.1, 0.15) is 36.0 Å². The Labute approximate surface area is 173 Å². The van der Waals surface area contributed by atoms with Crippen LogP contribution in [0.4, 0.5) is 0 Å². The van der Waals surface area contributed by atoms with Crippen LogP contribution in [0.2, 0.25) is 0 Å². The van der Waals surface area contributed by atoms with Gasteiger partial charge in [-0.2, -0.15) is 0 Å². The molecular formula is C17H24BrCl2N3O3. The van der Waals surface area contributed by atoms with Gasteiger partial charge < -0.3 is 19.7 Å². The quantitative estimate of drug-likeness (QED) is 0.658. The van der Waals surface area contributed by atoms with Crippen molar-refractivity contribution in [3.05, 3.63) is 28.5 Å². The van der Waals surface area contributed by atoms with Gasteiger partial charge in [-0.3, -0.25) is 0 Å². The summed E-state index contributed by atoms with van der Waals surface area (Å²) in [4.78, 5) is 16.1. The fraction of sp³-hybridized carbons (Fsp3) is 0.529. The van der Waals surface area contributed by atoms with Gasteiger partial charge >= 0.3 is 5.97 Å². The predicted molar refractivity (Wildman–Crippen MR) is 110 cm³/mol. The number of piperidine rings is 1. The summed E-state index contributed by atoms with van der Waals surface area (Å²) in [5, 5.41) is 13.4. The van der Waals surface area contributed by atoms with E-state index in [1.165, 1.54) is 7.11 Å². The predicted octanol–water partition coefficient (Wildman–Crippen LogP) is 3.32. The summed E-state index contributed by atoms with van der Waals surface area (Å²) in [6.45, 7) is 1.80. The molecule has 0 aliphatic carbocycles. The number of aliphatic hydroxyl groups is 1. The van der Waals surface area contributed by atoms with Gasteiger partial charge in [0.05, 0.1) is 36.1 Å². The van der Waals surface area contributed by atoms with Gasteiger partial charge in [0, 0.05) is 17.1 Å². The Morgan fingerprint density at radius 1 is 1.46 bits per heavy atom. The highest BCUT2D eigenvalue weighted by Crippen LogP contribution is 2.26. The van der Waals surface area contributed by atoms with Gasteiger partial charge in [0.2, 0.25) is 0 Å². The molecule has 9 heteroatoms. The maximum atomic E-state index is 11.7. The van der Waals surface area contributed by atoms with Crippen molar-refractivity contribution in [3.63, 3.8) is 0 Å². The van der Waals surface area contributed by atoms with E-state index in [4.69, 9.17) is 4.74 Å². The molecule has 1 aliphatic heterocycles. The minimum Gasteiger partial charge on any atom is -0.465 e. The van der Waals surface area contributed by atoms with Crippen molar-refractivity contribution in [2.75, 3.05) is 13.7 Å².